The number of carbonyl (C=O) groups excluding carboxylic acids is 1. The molecule has 7 heteroatoms. The summed E-state index contributed by atoms with van der Waals surface area (Å²) in [7, 11) is 0. The van der Waals surface area contributed by atoms with Crippen LogP contribution in [0.1, 0.15) is 30.0 Å². The number of rotatable bonds is 4. The monoisotopic (exact) mass is 317 g/mol. The van der Waals surface area contributed by atoms with Gasteiger partial charge in [0.1, 0.15) is 11.8 Å². The lowest BCUT2D eigenvalue weighted by Gasteiger charge is -2.35. The Kier molecular flexibility index (Phi) is 4.47. The smallest absolute Gasteiger partial charge is 0.247 e. The van der Waals surface area contributed by atoms with Gasteiger partial charge in [-0.1, -0.05) is 5.16 Å². The number of nitrogens with zero attached hydrogens (tertiary/aromatic N) is 5. The molecule has 0 aromatic carbocycles. The summed E-state index contributed by atoms with van der Waals surface area (Å²) in [5.41, 5.74) is 2.11. The highest BCUT2D eigenvalue weighted by molar-refractivity contribution is 5.80. The molecule has 0 radical (unpaired) electrons. The number of hydrogen-bond acceptors (Lipinski definition) is 5. The van der Waals surface area contributed by atoms with Gasteiger partial charge in [0, 0.05) is 50.7 Å². The molecule has 0 unspecified atom stereocenters. The van der Waals surface area contributed by atoms with Crippen LogP contribution in [0.15, 0.2) is 23.0 Å². The average molecular weight is 317 g/mol. The Balaban J connectivity index is 1.55. The summed E-state index contributed by atoms with van der Waals surface area (Å²) in [6.07, 6.45) is 3.53. The van der Waals surface area contributed by atoms with E-state index in [0.717, 1.165) is 49.7 Å². The highest BCUT2D eigenvalue weighted by Crippen LogP contribution is 2.17. The largest absolute Gasteiger partial charge is 0.361 e. The molecular weight excluding hydrogens is 294 g/mol. The first-order valence-corrected chi connectivity index (χ1v) is 7.98. The van der Waals surface area contributed by atoms with E-state index in [-0.39, 0.29) is 11.9 Å². The Hall–Kier alpha value is -2.15. The quantitative estimate of drug-likeness (QED) is 0.852. The number of piperazine rings is 1. The maximum Gasteiger partial charge on any atom is 0.247 e. The van der Waals surface area contributed by atoms with E-state index in [4.69, 9.17) is 4.52 Å². The average Bonchev–Trinajstić information content (AvgIpc) is 3.20. The summed E-state index contributed by atoms with van der Waals surface area (Å²) < 4.78 is 6.92. The highest BCUT2D eigenvalue weighted by atomic mass is 16.5. The molecule has 1 fully saturated rings. The standard InChI is InChI=1S/C16H23N5O2/c1-12-15(14(3)23-18-12)11-19-7-9-20(10-8-19)16(22)13(2)21-6-4-5-17-21/h4-6,13H,7-11H2,1-3H3/t13-/m1/s1. The van der Waals surface area contributed by atoms with E-state index in [9.17, 15) is 4.79 Å². The van der Waals surface area contributed by atoms with Gasteiger partial charge in [-0.2, -0.15) is 5.10 Å². The molecule has 0 aliphatic carbocycles. The lowest BCUT2D eigenvalue weighted by atomic mass is 10.1. The van der Waals surface area contributed by atoms with E-state index in [1.165, 1.54) is 0 Å². The molecule has 3 heterocycles. The van der Waals surface area contributed by atoms with Crippen LogP contribution in [0.2, 0.25) is 0 Å². The third-order valence-electron chi connectivity index (χ3n) is 4.53. The van der Waals surface area contributed by atoms with E-state index in [1.807, 2.05) is 37.9 Å². The molecule has 3 rings (SSSR count). The van der Waals surface area contributed by atoms with Crippen LogP contribution in [0.5, 0.6) is 0 Å². The number of hydrogen-bond donors (Lipinski definition) is 0. The fourth-order valence-corrected chi connectivity index (χ4v) is 2.96. The normalized spacial score (nSPS) is 17.4. The Morgan fingerprint density at radius 3 is 2.61 bits per heavy atom. The summed E-state index contributed by atoms with van der Waals surface area (Å²) >= 11 is 0. The van der Waals surface area contributed by atoms with Gasteiger partial charge in [0.15, 0.2) is 0 Å². The van der Waals surface area contributed by atoms with E-state index in [2.05, 4.69) is 15.2 Å². The van der Waals surface area contributed by atoms with Gasteiger partial charge in [-0.15, -0.1) is 0 Å². The van der Waals surface area contributed by atoms with Crippen LogP contribution in [0, 0.1) is 13.8 Å². The highest BCUT2D eigenvalue weighted by Gasteiger charge is 2.26. The van der Waals surface area contributed by atoms with E-state index in [0.29, 0.717) is 0 Å². The second-order valence-corrected chi connectivity index (χ2v) is 6.07. The van der Waals surface area contributed by atoms with E-state index < -0.39 is 0 Å². The van der Waals surface area contributed by atoms with Crippen LogP contribution in [-0.4, -0.2) is 56.8 Å². The van der Waals surface area contributed by atoms with Crippen LogP contribution < -0.4 is 0 Å². The minimum atomic E-state index is -0.251. The number of aryl methyl sites for hydroxylation is 2. The van der Waals surface area contributed by atoms with Gasteiger partial charge in [-0.3, -0.25) is 14.4 Å². The SMILES string of the molecule is Cc1noc(C)c1CN1CCN(C(=O)[C@@H](C)n2cccn2)CC1. The molecule has 1 amide bonds. The summed E-state index contributed by atoms with van der Waals surface area (Å²) in [5, 5.41) is 8.16. The molecule has 124 valence electrons. The van der Waals surface area contributed by atoms with Gasteiger partial charge in [-0.05, 0) is 26.8 Å². The van der Waals surface area contributed by atoms with Crippen molar-refractivity contribution < 1.29 is 9.32 Å². The molecule has 2 aromatic heterocycles. The zero-order valence-electron chi connectivity index (χ0n) is 13.9. The van der Waals surface area contributed by atoms with Gasteiger partial charge in [-0.25, -0.2) is 0 Å². The first-order chi connectivity index (χ1) is 11.1. The lowest BCUT2D eigenvalue weighted by molar-refractivity contribution is -0.136. The Morgan fingerprint density at radius 1 is 1.30 bits per heavy atom. The Morgan fingerprint density at radius 2 is 2.04 bits per heavy atom. The van der Waals surface area contributed by atoms with Crippen molar-refractivity contribution in [1.82, 2.24) is 24.7 Å². The number of amides is 1. The van der Waals surface area contributed by atoms with E-state index in [1.54, 1.807) is 10.9 Å². The summed E-state index contributed by atoms with van der Waals surface area (Å²) in [6, 6.07) is 1.59. The van der Waals surface area contributed by atoms with Crippen molar-refractivity contribution in [2.45, 2.75) is 33.4 Å². The van der Waals surface area contributed by atoms with Crippen molar-refractivity contribution >= 4 is 5.91 Å². The summed E-state index contributed by atoms with van der Waals surface area (Å²) in [4.78, 5) is 16.8. The molecule has 1 saturated heterocycles. The fourth-order valence-electron chi connectivity index (χ4n) is 2.96. The minimum Gasteiger partial charge on any atom is -0.361 e. The molecule has 23 heavy (non-hydrogen) atoms. The number of carbonyl (C=O) groups is 1. The van der Waals surface area contributed by atoms with Crippen molar-refractivity contribution in [1.29, 1.82) is 0 Å². The van der Waals surface area contributed by atoms with Gasteiger partial charge >= 0.3 is 0 Å². The first-order valence-electron chi connectivity index (χ1n) is 7.98. The van der Waals surface area contributed by atoms with Gasteiger partial charge in [0.2, 0.25) is 5.91 Å². The van der Waals surface area contributed by atoms with Crippen LogP contribution in [0.25, 0.3) is 0 Å². The van der Waals surface area contributed by atoms with Crippen LogP contribution in [0.3, 0.4) is 0 Å². The molecule has 7 nitrogen and oxygen atoms in total. The first kappa shape index (κ1) is 15.7. The molecule has 2 aromatic rings. The zero-order chi connectivity index (χ0) is 16.4. The second kappa shape index (κ2) is 6.54. The summed E-state index contributed by atoms with van der Waals surface area (Å²) in [5.74, 6) is 1.01. The number of aromatic nitrogens is 3. The molecule has 0 saturated carbocycles. The van der Waals surface area contributed by atoms with E-state index >= 15 is 0 Å². The topological polar surface area (TPSA) is 67.4 Å². The molecule has 0 bridgehead atoms. The van der Waals surface area contributed by atoms with Crippen molar-refractivity contribution in [3.63, 3.8) is 0 Å². The van der Waals surface area contributed by atoms with Crippen molar-refractivity contribution in [2.75, 3.05) is 26.2 Å². The fraction of sp³-hybridized carbons (Fsp3) is 0.562. The van der Waals surface area contributed by atoms with Gasteiger partial charge < -0.3 is 9.42 Å². The van der Waals surface area contributed by atoms with Crippen molar-refractivity contribution in [2.24, 2.45) is 0 Å². The molecule has 0 spiro atoms. The van der Waals surface area contributed by atoms with Gasteiger partial charge in [0.05, 0.1) is 5.69 Å². The summed E-state index contributed by atoms with van der Waals surface area (Å²) in [6.45, 7) is 9.85. The molecule has 1 aliphatic heterocycles. The second-order valence-electron chi connectivity index (χ2n) is 6.07. The minimum absolute atomic E-state index is 0.130. The lowest BCUT2D eigenvalue weighted by Crippen LogP contribution is -2.50. The molecule has 1 atom stereocenters. The zero-order valence-corrected chi connectivity index (χ0v) is 13.9. The van der Waals surface area contributed by atoms with Crippen molar-refractivity contribution in [3.05, 3.63) is 35.5 Å². The van der Waals surface area contributed by atoms with Gasteiger partial charge in [0.25, 0.3) is 0 Å². The maximum atomic E-state index is 12.5. The van der Waals surface area contributed by atoms with Crippen molar-refractivity contribution in [3.8, 4) is 0 Å². The predicted octanol–water partition coefficient (Wildman–Crippen LogP) is 1.39. The Bertz CT molecular complexity index is 637. The molecule has 1 aliphatic rings. The Labute approximate surface area is 135 Å². The predicted molar refractivity (Wildman–Crippen MR) is 84.8 cm³/mol. The molecule has 0 N–H and O–H groups in total. The maximum absolute atomic E-state index is 12.5. The molecular formula is C16H23N5O2. The van der Waals surface area contributed by atoms with Crippen LogP contribution in [-0.2, 0) is 11.3 Å². The third-order valence-corrected chi connectivity index (χ3v) is 4.53. The van der Waals surface area contributed by atoms with Crippen LogP contribution >= 0.6 is 0 Å². The third kappa shape index (κ3) is 3.29. The van der Waals surface area contributed by atoms with Crippen LogP contribution in [0.4, 0.5) is 0 Å².